The molecule has 0 fully saturated rings. The number of rotatable bonds is 8. The molecular weight excluding hydrogens is 424 g/mol. The van der Waals surface area contributed by atoms with Gasteiger partial charge in [-0.15, -0.1) is 10.2 Å². The van der Waals surface area contributed by atoms with E-state index < -0.39 is 0 Å². The lowest BCUT2D eigenvalue weighted by Gasteiger charge is -2.16. The van der Waals surface area contributed by atoms with Crippen molar-refractivity contribution in [1.29, 1.82) is 0 Å². The van der Waals surface area contributed by atoms with E-state index >= 15 is 0 Å². The Hall–Kier alpha value is -3.13. The molecule has 166 valence electrons. The Bertz CT molecular complexity index is 1330. The zero-order valence-electron chi connectivity index (χ0n) is 18.4. The SMILES string of the molecule is CCCCOC(=O)CSc1nnc2n(-c3ccccc3C(C)C)c(=O)c3ccccc3n12. The van der Waals surface area contributed by atoms with Crippen molar-refractivity contribution in [3.8, 4) is 5.69 Å². The van der Waals surface area contributed by atoms with Crippen molar-refractivity contribution in [3.05, 3.63) is 64.4 Å². The van der Waals surface area contributed by atoms with Gasteiger partial charge in [-0.25, -0.2) is 4.57 Å². The Kier molecular flexibility index (Phi) is 6.60. The van der Waals surface area contributed by atoms with Crippen LogP contribution in [0.2, 0.25) is 0 Å². The lowest BCUT2D eigenvalue weighted by molar-refractivity contribution is -0.140. The topological polar surface area (TPSA) is 78.5 Å². The van der Waals surface area contributed by atoms with Crippen molar-refractivity contribution < 1.29 is 9.53 Å². The molecule has 2 heterocycles. The molecule has 0 spiro atoms. The number of benzene rings is 2. The van der Waals surface area contributed by atoms with E-state index in [1.165, 1.54) is 11.8 Å². The summed E-state index contributed by atoms with van der Waals surface area (Å²) in [7, 11) is 0. The number of aromatic nitrogens is 4. The summed E-state index contributed by atoms with van der Waals surface area (Å²) in [6, 6.07) is 15.2. The average molecular weight is 451 g/mol. The Morgan fingerprint density at radius 2 is 1.84 bits per heavy atom. The number of ether oxygens (including phenoxy) is 1. The monoisotopic (exact) mass is 450 g/mol. The molecule has 0 amide bonds. The highest BCUT2D eigenvalue weighted by Gasteiger charge is 2.20. The molecule has 0 N–H and O–H groups in total. The number of hydrogen-bond donors (Lipinski definition) is 0. The van der Waals surface area contributed by atoms with E-state index in [2.05, 4.69) is 24.0 Å². The van der Waals surface area contributed by atoms with Gasteiger partial charge in [0.1, 0.15) is 0 Å². The Morgan fingerprint density at radius 1 is 1.09 bits per heavy atom. The van der Waals surface area contributed by atoms with Crippen LogP contribution < -0.4 is 5.56 Å². The van der Waals surface area contributed by atoms with E-state index in [9.17, 15) is 9.59 Å². The summed E-state index contributed by atoms with van der Waals surface area (Å²) in [5.41, 5.74) is 2.39. The summed E-state index contributed by atoms with van der Waals surface area (Å²) >= 11 is 1.26. The minimum absolute atomic E-state index is 0.126. The van der Waals surface area contributed by atoms with E-state index in [4.69, 9.17) is 4.74 Å². The van der Waals surface area contributed by atoms with Crippen molar-refractivity contribution in [1.82, 2.24) is 19.2 Å². The predicted octanol–water partition coefficient (Wildman–Crippen LogP) is 4.59. The molecule has 0 saturated carbocycles. The lowest BCUT2D eigenvalue weighted by Crippen LogP contribution is -2.23. The van der Waals surface area contributed by atoms with Crippen LogP contribution in [0.4, 0.5) is 0 Å². The average Bonchev–Trinajstić information content (AvgIpc) is 3.22. The standard InChI is InChI=1S/C24H26N4O3S/c1-4-5-14-31-21(29)15-32-24-26-25-23-27(19-12-8-6-10-17(19)16(2)3)22(30)18-11-7-9-13-20(18)28(23)24/h6-13,16H,4-5,14-15H2,1-3H3. The smallest absolute Gasteiger partial charge is 0.316 e. The summed E-state index contributed by atoms with van der Waals surface area (Å²) in [6.07, 6.45) is 1.81. The number of nitrogens with zero attached hydrogens (tertiary/aromatic N) is 4. The number of carbonyl (C=O) groups is 1. The van der Waals surface area contributed by atoms with Gasteiger partial charge in [-0.1, -0.05) is 69.3 Å². The first-order chi connectivity index (χ1) is 15.5. The molecule has 0 bridgehead atoms. The molecule has 0 aliphatic carbocycles. The van der Waals surface area contributed by atoms with Crippen LogP contribution in [0.3, 0.4) is 0 Å². The van der Waals surface area contributed by atoms with Gasteiger partial charge in [0.05, 0.1) is 29.0 Å². The number of esters is 1. The van der Waals surface area contributed by atoms with Gasteiger partial charge in [-0.3, -0.25) is 14.0 Å². The number of hydrogen-bond acceptors (Lipinski definition) is 6. The molecule has 8 heteroatoms. The van der Waals surface area contributed by atoms with Crippen molar-refractivity contribution in [2.24, 2.45) is 0 Å². The Balaban J connectivity index is 1.86. The predicted molar refractivity (Wildman–Crippen MR) is 127 cm³/mol. The summed E-state index contributed by atoms with van der Waals surface area (Å²) in [6.45, 7) is 6.66. The third-order valence-electron chi connectivity index (χ3n) is 5.27. The van der Waals surface area contributed by atoms with Crippen molar-refractivity contribution in [2.75, 3.05) is 12.4 Å². The maximum atomic E-state index is 13.5. The number of unbranched alkanes of at least 4 members (excludes halogenated alkanes) is 1. The van der Waals surface area contributed by atoms with Crippen LogP contribution >= 0.6 is 11.8 Å². The quantitative estimate of drug-likeness (QED) is 0.222. The molecule has 0 atom stereocenters. The normalized spacial score (nSPS) is 11.5. The lowest BCUT2D eigenvalue weighted by atomic mass is 10.0. The van der Waals surface area contributed by atoms with Gasteiger partial charge >= 0.3 is 5.97 Å². The largest absolute Gasteiger partial charge is 0.465 e. The molecule has 0 saturated heterocycles. The van der Waals surface area contributed by atoms with Crippen LogP contribution in [0.15, 0.2) is 58.5 Å². The minimum atomic E-state index is -0.289. The zero-order chi connectivity index (χ0) is 22.7. The summed E-state index contributed by atoms with van der Waals surface area (Å²) < 4.78 is 8.73. The van der Waals surface area contributed by atoms with Gasteiger partial charge in [-0.05, 0) is 36.1 Å². The van der Waals surface area contributed by atoms with Gasteiger partial charge in [0.2, 0.25) is 5.78 Å². The first-order valence-corrected chi connectivity index (χ1v) is 11.8. The molecule has 0 aliphatic rings. The second-order valence-electron chi connectivity index (χ2n) is 7.85. The second kappa shape index (κ2) is 9.56. The van der Waals surface area contributed by atoms with Crippen LogP contribution in [0.5, 0.6) is 0 Å². The third-order valence-corrected chi connectivity index (χ3v) is 6.18. The fourth-order valence-electron chi connectivity index (χ4n) is 3.66. The molecule has 2 aromatic carbocycles. The number of carbonyl (C=O) groups excluding carboxylic acids is 1. The van der Waals surface area contributed by atoms with Gasteiger partial charge < -0.3 is 4.74 Å². The fourth-order valence-corrected chi connectivity index (χ4v) is 4.40. The van der Waals surface area contributed by atoms with Crippen molar-refractivity contribution >= 4 is 34.4 Å². The molecule has 2 aromatic heterocycles. The van der Waals surface area contributed by atoms with Crippen molar-refractivity contribution in [3.63, 3.8) is 0 Å². The van der Waals surface area contributed by atoms with Gasteiger partial charge in [-0.2, -0.15) is 0 Å². The second-order valence-corrected chi connectivity index (χ2v) is 8.79. The summed E-state index contributed by atoms with van der Waals surface area (Å²) in [5.74, 6) is 0.478. The Labute approximate surface area is 190 Å². The minimum Gasteiger partial charge on any atom is -0.465 e. The van der Waals surface area contributed by atoms with Crippen molar-refractivity contribution in [2.45, 2.75) is 44.7 Å². The van der Waals surface area contributed by atoms with E-state index in [0.29, 0.717) is 28.4 Å². The maximum Gasteiger partial charge on any atom is 0.316 e. The maximum absolute atomic E-state index is 13.5. The molecule has 4 rings (SSSR count). The molecule has 0 unspecified atom stereocenters. The fraction of sp³-hybridized carbons (Fsp3) is 0.333. The summed E-state index contributed by atoms with van der Waals surface area (Å²) in [4.78, 5) is 25.7. The molecule has 0 aliphatic heterocycles. The molecule has 0 radical (unpaired) electrons. The summed E-state index contributed by atoms with van der Waals surface area (Å²) in [5, 5.41) is 9.79. The molecule has 4 aromatic rings. The zero-order valence-corrected chi connectivity index (χ0v) is 19.3. The van der Waals surface area contributed by atoms with Gasteiger partial charge in [0.15, 0.2) is 5.16 Å². The number of para-hydroxylation sites is 2. The number of thioether (sulfide) groups is 1. The van der Waals surface area contributed by atoms with Gasteiger partial charge in [0.25, 0.3) is 5.56 Å². The van der Waals surface area contributed by atoms with E-state index in [-0.39, 0.29) is 23.2 Å². The van der Waals surface area contributed by atoms with Crippen LogP contribution in [0.25, 0.3) is 22.4 Å². The van der Waals surface area contributed by atoms with Crippen LogP contribution in [0, 0.1) is 0 Å². The van der Waals surface area contributed by atoms with Crippen LogP contribution in [0.1, 0.15) is 45.1 Å². The highest BCUT2D eigenvalue weighted by atomic mass is 32.2. The molecular formula is C24H26N4O3S. The van der Waals surface area contributed by atoms with Gasteiger partial charge in [0, 0.05) is 0 Å². The van der Waals surface area contributed by atoms with E-state index in [1.807, 2.05) is 53.8 Å². The van der Waals surface area contributed by atoms with E-state index in [1.54, 1.807) is 10.6 Å². The first-order valence-electron chi connectivity index (χ1n) is 10.8. The Morgan fingerprint density at radius 3 is 2.62 bits per heavy atom. The molecule has 32 heavy (non-hydrogen) atoms. The first kappa shape index (κ1) is 22.1. The highest BCUT2D eigenvalue weighted by Crippen LogP contribution is 2.27. The third kappa shape index (κ3) is 4.14. The highest BCUT2D eigenvalue weighted by molar-refractivity contribution is 7.99. The number of fused-ring (bicyclic) bond motifs is 3. The van der Waals surface area contributed by atoms with Crippen LogP contribution in [-0.4, -0.2) is 37.5 Å². The van der Waals surface area contributed by atoms with Crippen LogP contribution in [-0.2, 0) is 9.53 Å². The molecule has 7 nitrogen and oxygen atoms in total. The van der Waals surface area contributed by atoms with E-state index in [0.717, 1.165) is 24.1 Å².